The SMILES string of the molecule is CC(=O)NCC1CCN(Cc2cc(CN3CCCC3)cs2)CC1. The van der Waals surface area contributed by atoms with Crippen molar-refractivity contribution < 1.29 is 4.79 Å². The first-order valence-electron chi connectivity index (χ1n) is 8.94. The molecule has 0 radical (unpaired) electrons. The van der Waals surface area contributed by atoms with Crippen LogP contribution in [0.15, 0.2) is 11.4 Å². The lowest BCUT2D eigenvalue weighted by atomic mass is 9.97. The summed E-state index contributed by atoms with van der Waals surface area (Å²) in [5.41, 5.74) is 1.49. The maximum Gasteiger partial charge on any atom is 0.216 e. The summed E-state index contributed by atoms with van der Waals surface area (Å²) in [6, 6.07) is 2.41. The summed E-state index contributed by atoms with van der Waals surface area (Å²) in [4.78, 5) is 17.6. The van der Waals surface area contributed by atoms with Gasteiger partial charge in [-0.05, 0) is 74.8 Å². The molecule has 0 saturated carbocycles. The van der Waals surface area contributed by atoms with Crippen LogP contribution in [0.4, 0.5) is 0 Å². The lowest BCUT2D eigenvalue weighted by Crippen LogP contribution is -2.37. The number of nitrogens with zero attached hydrogens (tertiary/aromatic N) is 2. The zero-order chi connectivity index (χ0) is 16.1. The van der Waals surface area contributed by atoms with Gasteiger partial charge in [0, 0.05) is 31.4 Å². The van der Waals surface area contributed by atoms with E-state index in [1.165, 1.54) is 49.2 Å². The molecule has 2 saturated heterocycles. The molecule has 0 bridgehead atoms. The molecule has 2 aliphatic heterocycles. The topological polar surface area (TPSA) is 35.6 Å². The molecule has 0 aliphatic carbocycles. The normalized spacial score (nSPS) is 20.9. The summed E-state index contributed by atoms with van der Waals surface area (Å²) >= 11 is 1.92. The van der Waals surface area contributed by atoms with Crippen molar-refractivity contribution >= 4 is 17.2 Å². The Morgan fingerprint density at radius 1 is 1.17 bits per heavy atom. The van der Waals surface area contributed by atoms with Crippen LogP contribution in [0, 0.1) is 5.92 Å². The minimum absolute atomic E-state index is 0.0940. The zero-order valence-corrected chi connectivity index (χ0v) is 15.0. The Kier molecular flexibility index (Phi) is 6.08. The van der Waals surface area contributed by atoms with E-state index in [1.807, 2.05) is 11.3 Å². The van der Waals surface area contributed by atoms with Crippen LogP contribution in [0.1, 0.15) is 43.0 Å². The van der Waals surface area contributed by atoms with Crippen LogP contribution < -0.4 is 5.32 Å². The Bertz CT molecular complexity index is 502. The third-order valence-corrected chi connectivity index (χ3v) is 6.01. The van der Waals surface area contributed by atoms with Crippen molar-refractivity contribution in [2.75, 3.05) is 32.7 Å². The number of likely N-dealkylation sites (tertiary alicyclic amines) is 2. The van der Waals surface area contributed by atoms with E-state index >= 15 is 0 Å². The predicted molar refractivity (Wildman–Crippen MR) is 95.5 cm³/mol. The molecule has 23 heavy (non-hydrogen) atoms. The molecule has 0 spiro atoms. The lowest BCUT2D eigenvalue weighted by Gasteiger charge is -2.31. The van der Waals surface area contributed by atoms with Crippen LogP contribution in [-0.4, -0.2) is 48.4 Å². The third kappa shape index (κ3) is 5.30. The molecule has 2 aliphatic rings. The van der Waals surface area contributed by atoms with Crippen molar-refractivity contribution in [3.05, 3.63) is 21.9 Å². The van der Waals surface area contributed by atoms with Crippen molar-refractivity contribution in [3.63, 3.8) is 0 Å². The van der Waals surface area contributed by atoms with Crippen molar-refractivity contribution in [2.24, 2.45) is 5.92 Å². The van der Waals surface area contributed by atoms with Gasteiger partial charge in [-0.3, -0.25) is 14.6 Å². The average Bonchev–Trinajstić information content (AvgIpc) is 3.19. The number of amides is 1. The van der Waals surface area contributed by atoms with E-state index in [0.717, 1.165) is 32.7 Å². The van der Waals surface area contributed by atoms with Gasteiger partial charge in [0.1, 0.15) is 0 Å². The molecule has 3 rings (SSSR count). The van der Waals surface area contributed by atoms with E-state index in [4.69, 9.17) is 0 Å². The number of thiophene rings is 1. The Labute approximate surface area is 143 Å². The molecule has 2 fully saturated rings. The van der Waals surface area contributed by atoms with Gasteiger partial charge in [0.2, 0.25) is 5.91 Å². The third-order valence-electron chi connectivity index (χ3n) is 5.04. The Morgan fingerprint density at radius 3 is 2.57 bits per heavy atom. The van der Waals surface area contributed by atoms with E-state index in [-0.39, 0.29) is 5.91 Å². The molecule has 1 N–H and O–H groups in total. The van der Waals surface area contributed by atoms with E-state index in [9.17, 15) is 4.79 Å². The van der Waals surface area contributed by atoms with Crippen LogP contribution >= 0.6 is 11.3 Å². The van der Waals surface area contributed by atoms with Crippen LogP contribution in [0.25, 0.3) is 0 Å². The maximum atomic E-state index is 11.0. The van der Waals surface area contributed by atoms with E-state index < -0.39 is 0 Å². The number of hydrogen-bond donors (Lipinski definition) is 1. The zero-order valence-electron chi connectivity index (χ0n) is 14.2. The van der Waals surface area contributed by atoms with Crippen molar-refractivity contribution in [2.45, 2.75) is 45.7 Å². The monoisotopic (exact) mass is 335 g/mol. The van der Waals surface area contributed by atoms with Crippen molar-refractivity contribution in [1.82, 2.24) is 15.1 Å². The first kappa shape index (κ1) is 16.9. The largest absolute Gasteiger partial charge is 0.356 e. The second-order valence-corrected chi connectivity index (χ2v) is 8.06. The fourth-order valence-electron chi connectivity index (χ4n) is 3.65. The van der Waals surface area contributed by atoms with Crippen LogP contribution in [0.2, 0.25) is 0 Å². The highest BCUT2D eigenvalue weighted by Gasteiger charge is 2.20. The number of rotatable bonds is 6. The van der Waals surface area contributed by atoms with E-state index in [1.54, 1.807) is 6.92 Å². The molecular formula is C18H29N3OS. The summed E-state index contributed by atoms with van der Waals surface area (Å²) in [6.07, 6.45) is 5.13. The highest BCUT2D eigenvalue weighted by Crippen LogP contribution is 2.23. The van der Waals surface area contributed by atoms with Gasteiger partial charge in [0.25, 0.3) is 0 Å². The molecule has 4 nitrogen and oxygen atoms in total. The van der Waals surface area contributed by atoms with Crippen molar-refractivity contribution in [3.8, 4) is 0 Å². The molecule has 1 aromatic rings. The van der Waals surface area contributed by atoms with Crippen LogP contribution in [0.3, 0.4) is 0 Å². The van der Waals surface area contributed by atoms with Gasteiger partial charge in [-0.2, -0.15) is 0 Å². The fourth-order valence-corrected chi connectivity index (χ4v) is 4.57. The summed E-state index contributed by atoms with van der Waals surface area (Å²) in [6.45, 7) is 9.54. The fraction of sp³-hybridized carbons (Fsp3) is 0.722. The highest BCUT2D eigenvalue weighted by molar-refractivity contribution is 7.10. The molecule has 0 unspecified atom stereocenters. The summed E-state index contributed by atoms with van der Waals surface area (Å²) in [7, 11) is 0. The molecule has 128 valence electrons. The van der Waals surface area contributed by atoms with E-state index in [0.29, 0.717) is 5.92 Å². The summed E-state index contributed by atoms with van der Waals surface area (Å²) in [5, 5.41) is 5.30. The molecule has 1 amide bonds. The number of nitrogens with one attached hydrogen (secondary N) is 1. The Hall–Kier alpha value is -0.910. The maximum absolute atomic E-state index is 11.0. The van der Waals surface area contributed by atoms with Gasteiger partial charge in [-0.25, -0.2) is 0 Å². The summed E-state index contributed by atoms with van der Waals surface area (Å²) < 4.78 is 0. The lowest BCUT2D eigenvalue weighted by molar-refractivity contribution is -0.119. The smallest absolute Gasteiger partial charge is 0.216 e. The van der Waals surface area contributed by atoms with Gasteiger partial charge >= 0.3 is 0 Å². The minimum Gasteiger partial charge on any atom is -0.356 e. The van der Waals surface area contributed by atoms with Gasteiger partial charge in [-0.1, -0.05) is 0 Å². The molecule has 0 atom stereocenters. The van der Waals surface area contributed by atoms with Crippen molar-refractivity contribution in [1.29, 1.82) is 0 Å². The van der Waals surface area contributed by atoms with Gasteiger partial charge in [-0.15, -0.1) is 11.3 Å². The van der Waals surface area contributed by atoms with Crippen LogP contribution in [0.5, 0.6) is 0 Å². The minimum atomic E-state index is 0.0940. The van der Waals surface area contributed by atoms with Gasteiger partial charge in [0.15, 0.2) is 0 Å². The van der Waals surface area contributed by atoms with Crippen LogP contribution in [-0.2, 0) is 17.9 Å². The summed E-state index contributed by atoms with van der Waals surface area (Å²) in [5.74, 6) is 0.751. The molecule has 1 aromatic heterocycles. The standard InChI is InChI=1S/C18H29N3OS/c1-15(22)19-11-16-4-8-21(9-5-16)13-18-10-17(14-23-18)12-20-6-2-3-7-20/h10,14,16H,2-9,11-13H2,1H3,(H,19,22). The first-order valence-corrected chi connectivity index (χ1v) is 9.82. The molecule has 0 aromatic carbocycles. The first-order chi connectivity index (χ1) is 11.2. The molecule has 3 heterocycles. The van der Waals surface area contributed by atoms with Gasteiger partial charge in [0.05, 0.1) is 0 Å². The van der Waals surface area contributed by atoms with E-state index in [2.05, 4.69) is 26.6 Å². The molecular weight excluding hydrogens is 306 g/mol. The second kappa shape index (κ2) is 8.27. The number of carbonyl (C=O) groups is 1. The average molecular weight is 336 g/mol. The second-order valence-electron chi connectivity index (χ2n) is 7.06. The number of carbonyl (C=O) groups excluding carboxylic acids is 1. The predicted octanol–water partition coefficient (Wildman–Crippen LogP) is 2.69. The van der Waals surface area contributed by atoms with Gasteiger partial charge < -0.3 is 5.32 Å². The quantitative estimate of drug-likeness (QED) is 0.868. The number of hydrogen-bond acceptors (Lipinski definition) is 4. The Balaban J connectivity index is 1.40. The Morgan fingerprint density at radius 2 is 1.87 bits per heavy atom. The highest BCUT2D eigenvalue weighted by atomic mass is 32.1. The number of piperidine rings is 1. The molecule has 5 heteroatoms.